The van der Waals surface area contributed by atoms with Gasteiger partial charge in [-0.3, -0.25) is 0 Å². The highest BCUT2D eigenvalue weighted by Gasteiger charge is 2.22. The van der Waals surface area contributed by atoms with Crippen molar-refractivity contribution in [3.63, 3.8) is 0 Å². The van der Waals surface area contributed by atoms with Crippen molar-refractivity contribution in [3.05, 3.63) is 45.4 Å². The predicted octanol–water partition coefficient (Wildman–Crippen LogP) is 1.97. The zero-order valence-electron chi connectivity index (χ0n) is 11.6. The van der Waals surface area contributed by atoms with Crippen molar-refractivity contribution in [2.45, 2.75) is 4.34 Å². The molecule has 0 aliphatic heterocycles. The maximum absolute atomic E-state index is 12.2. The lowest BCUT2D eigenvalue weighted by molar-refractivity contribution is 0.563. The van der Waals surface area contributed by atoms with Crippen molar-refractivity contribution in [1.82, 2.24) is 14.6 Å². The number of primary sulfonamides is 1. The van der Waals surface area contributed by atoms with Crippen molar-refractivity contribution >= 4 is 53.2 Å². The van der Waals surface area contributed by atoms with Gasteiger partial charge in [0, 0.05) is 5.39 Å². The third-order valence-electron chi connectivity index (χ3n) is 3.27. The number of imidazole rings is 1. The van der Waals surface area contributed by atoms with Gasteiger partial charge in [0.2, 0.25) is 9.30 Å². The summed E-state index contributed by atoms with van der Waals surface area (Å²) in [5.74, 6) is 0. The van der Waals surface area contributed by atoms with Crippen LogP contribution < -0.4 is 10.8 Å². The molecule has 0 aliphatic rings. The second-order valence-electron chi connectivity index (χ2n) is 4.84. The molecule has 0 radical (unpaired) electrons. The van der Waals surface area contributed by atoms with Gasteiger partial charge in [-0.25, -0.2) is 23.3 Å². The van der Waals surface area contributed by atoms with Gasteiger partial charge < -0.3 is 4.42 Å². The molecule has 0 aliphatic carbocycles. The van der Waals surface area contributed by atoms with Crippen molar-refractivity contribution in [2.75, 3.05) is 0 Å². The highest BCUT2D eigenvalue weighted by Crippen LogP contribution is 2.31. The quantitative estimate of drug-likeness (QED) is 0.489. The summed E-state index contributed by atoms with van der Waals surface area (Å²) in [5, 5.41) is 9.71. The van der Waals surface area contributed by atoms with Crippen LogP contribution in [0, 0.1) is 0 Å². The minimum atomic E-state index is -3.92. The van der Waals surface area contributed by atoms with Gasteiger partial charge in [-0.15, -0.1) is 5.10 Å². The summed E-state index contributed by atoms with van der Waals surface area (Å²) < 4.78 is 29.4. The van der Waals surface area contributed by atoms with Crippen LogP contribution >= 0.6 is 27.3 Å². The summed E-state index contributed by atoms with van der Waals surface area (Å²) in [4.78, 5) is 16.8. The Labute approximate surface area is 146 Å². The number of sulfonamides is 1. The summed E-state index contributed by atoms with van der Waals surface area (Å²) in [6.45, 7) is 0. The number of aromatic nitrogens is 3. The smallest absolute Gasteiger partial charge is 0.345 e. The van der Waals surface area contributed by atoms with Gasteiger partial charge in [-0.2, -0.15) is 4.52 Å². The van der Waals surface area contributed by atoms with Crippen molar-refractivity contribution in [1.29, 1.82) is 0 Å². The molecule has 122 valence electrons. The second-order valence-corrected chi connectivity index (χ2v) is 8.29. The van der Waals surface area contributed by atoms with Gasteiger partial charge in [-0.1, -0.05) is 29.5 Å². The van der Waals surface area contributed by atoms with Gasteiger partial charge in [0.1, 0.15) is 15.9 Å². The van der Waals surface area contributed by atoms with Crippen LogP contribution in [0.25, 0.3) is 27.2 Å². The fourth-order valence-corrected chi connectivity index (χ4v) is 4.40. The molecule has 3 aromatic heterocycles. The number of nitrogens with two attached hydrogens (primary N) is 1. The molecule has 0 bridgehead atoms. The number of halogens is 1. The van der Waals surface area contributed by atoms with Gasteiger partial charge in [0.15, 0.2) is 0 Å². The van der Waals surface area contributed by atoms with Crippen LogP contribution in [0.5, 0.6) is 0 Å². The van der Waals surface area contributed by atoms with Crippen molar-refractivity contribution < 1.29 is 12.8 Å². The second kappa shape index (κ2) is 5.21. The van der Waals surface area contributed by atoms with Gasteiger partial charge in [0.05, 0.1) is 5.56 Å². The molecule has 11 heteroatoms. The topological polar surface area (TPSA) is 121 Å². The van der Waals surface area contributed by atoms with E-state index in [4.69, 9.17) is 9.56 Å². The molecule has 0 saturated heterocycles. The normalized spacial score (nSPS) is 12.2. The summed E-state index contributed by atoms with van der Waals surface area (Å²) >= 11 is 4.10. The van der Waals surface area contributed by atoms with Crippen LogP contribution in [0.15, 0.2) is 48.5 Å². The number of hydrogen-bond donors (Lipinski definition) is 1. The molecule has 0 atom stereocenters. The van der Waals surface area contributed by atoms with Crippen LogP contribution in [-0.4, -0.2) is 23.0 Å². The lowest BCUT2D eigenvalue weighted by Gasteiger charge is -2.00. The summed E-state index contributed by atoms with van der Waals surface area (Å²) in [6.07, 6.45) is 0. The lowest BCUT2D eigenvalue weighted by Crippen LogP contribution is -2.12. The van der Waals surface area contributed by atoms with Gasteiger partial charge in [-0.05, 0) is 28.1 Å². The van der Waals surface area contributed by atoms with E-state index in [2.05, 4.69) is 26.0 Å². The molecule has 2 N–H and O–H groups in total. The molecule has 8 nitrogen and oxygen atoms in total. The molecule has 4 aromatic rings. The third kappa shape index (κ3) is 2.36. The molecule has 0 saturated carbocycles. The van der Waals surface area contributed by atoms with Crippen LogP contribution in [0.4, 0.5) is 0 Å². The van der Waals surface area contributed by atoms with E-state index in [1.807, 2.05) is 12.1 Å². The van der Waals surface area contributed by atoms with Crippen LogP contribution in [0.3, 0.4) is 0 Å². The Morgan fingerprint density at radius 2 is 2.04 bits per heavy atom. The number of nitrogens with zero attached hydrogens (tertiary/aromatic N) is 3. The molecule has 0 unspecified atom stereocenters. The summed E-state index contributed by atoms with van der Waals surface area (Å²) in [5.41, 5.74) is 0.481. The predicted molar refractivity (Wildman–Crippen MR) is 91.4 cm³/mol. The molecule has 1 aromatic carbocycles. The Balaban J connectivity index is 1.97. The first-order valence-electron chi connectivity index (χ1n) is 6.46. The van der Waals surface area contributed by atoms with E-state index < -0.39 is 15.6 Å². The maximum Gasteiger partial charge on any atom is 0.345 e. The van der Waals surface area contributed by atoms with Crippen LogP contribution in [0.1, 0.15) is 0 Å². The molecule has 0 amide bonds. The van der Waals surface area contributed by atoms with Crippen LogP contribution in [-0.2, 0) is 10.0 Å². The fourth-order valence-electron chi connectivity index (χ4n) is 2.22. The Bertz CT molecular complexity index is 1270. The van der Waals surface area contributed by atoms with E-state index in [0.717, 1.165) is 16.7 Å². The monoisotopic (exact) mass is 426 g/mol. The van der Waals surface area contributed by atoms with E-state index in [1.54, 1.807) is 18.2 Å². The highest BCUT2D eigenvalue weighted by atomic mass is 79.9. The SMILES string of the molecule is NS(=O)(=O)c1nn2c(Br)c(-c3cc4ccccc4oc3=O)nc2s1. The van der Waals surface area contributed by atoms with E-state index in [1.165, 1.54) is 4.52 Å². The number of para-hydroxylation sites is 1. The minimum absolute atomic E-state index is 0.246. The summed E-state index contributed by atoms with van der Waals surface area (Å²) in [7, 11) is -3.92. The standard InChI is InChI=1S/C13H7BrN4O4S2/c14-10-9(16-12-18(10)17-13(23-12)24(15,20)21)7-5-6-3-1-2-4-8(6)22-11(7)19/h1-5H,(H2,15,20,21). The molecule has 0 spiro atoms. The molecule has 0 fully saturated rings. The molecule has 3 heterocycles. The van der Waals surface area contributed by atoms with Gasteiger partial charge in [0.25, 0.3) is 10.0 Å². The highest BCUT2D eigenvalue weighted by molar-refractivity contribution is 9.10. The molecular weight excluding hydrogens is 420 g/mol. The first-order valence-corrected chi connectivity index (χ1v) is 9.61. The number of benzene rings is 1. The van der Waals surface area contributed by atoms with Crippen molar-refractivity contribution in [2.24, 2.45) is 5.14 Å². The summed E-state index contributed by atoms with van der Waals surface area (Å²) in [6, 6.07) is 8.77. The first kappa shape index (κ1) is 15.4. The number of hydrogen-bond acceptors (Lipinski definition) is 7. The van der Waals surface area contributed by atoms with E-state index >= 15 is 0 Å². The number of fused-ring (bicyclic) bond motifs is 2. The van der Waals surface area contributed by atoms with E-state index in [-0.39, 0.29) is 14.9 Å². The zero-order chi connectivity index (χ0) is 17.1. The largest absolute Gasteiger partial charge is 0.422 e. The molecular formula is C13H7BrN4O4S2. The Morgan fingerprint density at radius 3 is 2.75 bits per heavy atom. The average molecular weight is 427 g/mol. The van der Waals surface area contributed by atoms with Crippen molar-refractivity contribution in [3.8, 4) is 11.3 Å². The Morgan fingerprint density at radius 1 is 1.29 bits per heavy atom. The zero-order valence-corrected chi connectivity index (χ0v) is 14.9. The first-order chi connectivity index (χ1) is 11.3. The van der Waals surface area contributed by atoms with E-state index in [0.29, 0.717) is 15.9 Å². The average Bonchev–Trinajstić information content (AvgIpc) is 3.07. The maximum atomic E-state index is 12.2. The molecule has 4 rings (SSSR count). The van der Waals surface area contributed by atoms with E-state index in [9.17, 15) is 13.2 Å². The lowest BCUT2D eigenvalue weighted by atomic mass is 10.1. The van der Waals surface area contributed by atoms with Crippen LogP contribution in [0.2, 0.25) is 0 Å². The number of rotatable bonds is 2. The molecule has 24 heavy (non-hydrogen) atoms. The van der Waals surface area contributed by atoms with Gasteiger partial charge >= 0.3 is 5.63 Å². The minimum Gasteiger partial charge on any atom is -0.422 e. The Hall–Kier alpha value is -2.08. The third-order valence-corrected chi connectivity index (χ3v) is 6.20. The fraction of sp³-hybridized carbons (Fsp3) is 0. The Kier molecular flexibility index (Phi) is 3.35.